The molecule has 5 nitrogen and oxygen atoms in total. The number of carboxylic acids is 1. The zero-order valence-corrected chi connectivity index (χ0v) is 6.25. The van der Waals surface area contributed by atoms with Crippen LogP contribution in [0.15, 0.2) is 12.0 Å². The Morgan fingerprint density at radius 1 is 1.55 bits per heavy atom. The van der Waals surface area contributed by atoms with Gasteiger partial charge < -0.3 is 15.2 Å². The fourth-order valence-electron chi connectivity index (χ4n) is 0.441. The van der Waals surface area contributed by atoms with Crippen LogP contribution in [-0.2, 0) is 14.3 Å². The summed E-state index contributed by atoms with van der Waals surface area (Å²) in [6, 6.07) is 0. The maximum atomic E-state index is 10.4. The van der Waals surface area contributed by atoms with Crippen molar-refractivity contribution in [1.82, 2.24) is 5.32 Å². The van der Waals surface area contributed by atoms with Crippen molar-refractivity contribution >= 4 is 11.9 Å². The van der Waals surface area contributed by atoms with Gasteiger partial charge in [-0.15, -0.1) is 0 Å². The van der Waals surface area contributed by atoms with Crippen LogP contribution >= 0.6 is 0 Å². The summed E-state index contributed by atoms with van der Waals surface area (Å²) in [5, 5.41) is 10.5. The van der Waals surface area contributed by atoms with Crippen molar-refractivity contribution in [2.24, 2.45) is 0 Å². The Kier molecular flexibility index (Phi) is 3.72. The highest BCUT2D eigenvalue weighted by atomic mass is 16.5. The van der Waals surface area contributed by atoms with Crippen molar-refractivity contribution in [1.29, 1.82) is 0 Å². The molecule has 0 saturated carbocycles. The van der Waals surface area contributed by atoms with Gasteiger partial charge in [0.2, 0.25) is 5.91 Å². The first kappa shape index (κ1) is 9.48. The van der Waals surface area contributed by atoms with E-state index in [1.807, 2.05) is 0 Å². The largest absolute Gasteiger partial charge is 0.502 e. The number of carboxylic acid groups (broad SMARTS) is 1. The Morgan fingerprint density at radius 3 is 2.36 bits per heavy atom. The van der Waals surface area contributed by atoms with Gasteiger partial charge in [-0.3, -0.25) is 4.79 Å². The van der Waals surface area contributed by atoms with Crippen LogP contribution in [0.1, 0.15) is 6.92 Å². The second-order valence-electron chi connectivity index (χ2n) is 1.75. The Balaban J connectivity index is 4.23. The molecule has 0 saturated heterocycles. The van der Waals surface area contributed by atoms with Gasteiger partial charge in [0.25, 0.3) is 0 Å². The van der Waals surface area contributed by atoms with Crippen LogP contribution in [0.5, 0.6) is 0 Å². The molecule has 0 aliphatic carbocycles. The van der Waals surface area contributed by atoms with E-state index in [-0.39, 0.29) is 5.70 Å². The molecule has 0 aromatic heterocycles. The molecule has 0 spiro atoms. The summed E-state index contributed by atoms with van der Waals surface area (Å²) in [7, 11) is 1.30. The fraction of sp³-hybridized carbons (Fsp3) is 0.333. The number of methoxy groups -OCH3 is 1. The normalized spacial score (nSPS) is 10.5. The fourth-order valence-corrected chi connectivity index (χ4v) is 0.441. The molecule has 2 N–H and O–H groups in total. The van der Waals surface area contributed by atoms with Gasteiger partial charge >= 0.3 is 5.97 Å². The highest BCUT2D eigenvalue weighted by Gasteiger charge is 2.07. The Bertz CT molecular complexity index is 197. The van der Waals surface area contributed by atoms with Gasteiger partial charge in [0, 0.05) is 6.92 Å². The summed E-state index contributed by atoms with van der Waals surface area (Å²) < 4.78 is 4.41. The highest BCUT2D eigenvalue weighted by Crippen LogP contribution is 1.88. The lowest BCUT2D eigenvalue weighted by Crippen LogP contribution is -2.24. The van der Waals surface area contributed by atoms with Gasteiger partial charge in [-0.1, -0.05) is 0 Å². The van der Waals surface area contributed by atoms with Crippen LogP contribution in [0.2, 0.25) is 0 Å². The smallest absolute Gasteiger partial charge is 0.355 e. The van der Waals surface area contributed by atoms with Gasteiger partial charge in [-0.2, -0.15) is 0 Å². The van der Waals surface area contributed by atoms with Crippen LogP contribution in [-0.4, -0.2) is 24.1 Å². The molecular formula is C6H9NO4. The van der Waals surface area contributed by atoms with Gasteiger partial charge in [-0.25, -0.2) is 4.79 Å². The molecule has 1 amide bonds. The zero-order valence-electron chi connectivity index (χ0n) is 6.25. The lowest BCUT2D eigenvalue weighted by Gasteiger charge is -2.00. The number of carbonyl (C=O) groups excluding carboxylic acids is 1. The maximum Gasteiger partial charge on any atom is 0.355 e. The number of nitrogens with one attached hydrogen (secondary N) is 1. The first-order chi connectivity index (χ1) is 5.07. The van der Waals surface area contributed by atoms with Crippen LogP contribution in [0, 0.1) is 0 Å². The van der Waals surface area contributed by atoms with E-state index in [0.717, 1.165) is 6.26 Å². The summed E-state index contributed by atoms with van der Waals surface area (Å²) in [5.41, 5.74) is -0.278. The molecule has 0 rings (SSSR count). The van der Waals surface area contributed by atoms with Crippen molar-refractivity contribution < 1.29 is 19.4 Å². The van der Waals surface area contributed by atoms with Crippen LogP contribution < -0.4 is 5.32 Å². The standard InChI is InChI=1S/C6H9NO4/c1-4(8)7-5(3-11-2)6(9)10/h3H,1-2H3,(H,7,8)(H,9,10)/b5-3+. The monoisotopic (exact) mass is 159 g/mol. The lowest BCUT2D eigenvalue weighted by atomic mass is 10.4. The second kappa shape index (κ2) is 4.32. The summed E-state index contributed by atoms with van der Waals surface area (Å²) in [6.07, 6.45) is 0.948. The molecule has 0 unspecified atom stereocenters. The minimum absolute atomic E-state index is 0.278. The molecular weight excluding hydrogens is 150 g/mol. The maximum absolute atomic E-state index is 10.4. The molecule has 0 aliphatic rings. The molecule has 0 bridgehead atoms. The Morgan fingerprint density at radius 2 is 2.09 bits per heavy atom. The lowest BCUT2D eigenvalue weighted by molar-refractivity contribution is -0.134. The Hall–Kier alpha value is -1.52. The van der Waals surface area contributed by atoms with Crippen LogP contribution in [0.3, 0.4) is 0 Å². The SMILES string of the molecule is CO/C=C(/NC(C)=O)C(=O)O. The van der Waals surface area contributed by atoms with Gasteiger partial charge in [-0.05, 0) is 0 Å². The van der Waals surface area contributed by atoms with E-state index in [0.29, 0.717) is 0 Å². The van der Waals surface area contributed by atoms with E-state index < -0.39 is 11.9 Å². The zero-order chi connectivity index (χ0) is 8.85. The van der Waals surface area contributed by atoms with E-state index in [9.17, 15) is 9.59 Å². The molecule has 0 aromatic rings. The number of hydrogen-bond acceptors (Lipinski definition) is 3. The Labute approximate surface area is 63.7 Å². The number of rotatable bonds is 3. The number of ether oxygens (including phenoxy) is 1. The summed E-state index contributed by atoms with van der Waals surface area (Å²) in [4.78, 5) is 20.6. The molecule has 11 heavy (non-hydrogen) atoms. The van der Waals surface area contributed by atoms with Crippen LogP contribution in [0.4, 0.5) is 0 Å². The van der Waals surface area contributed by atoms with Crippen molar-refractivity contribution in [3.8, 4) is 0 Å². The quantitative estimate of drug-likeness (QED) is 0.437. The van der Waals surface area contributed by atoms with Crippen molar-refractivity contribution in [3.05, 3.63) is 12.0 Å². The van der Waals surface area contributed by atoms with Crippen molar-refractivity contribution in [3.63, 3.8) is 0 Å². The second-order valence-corrected chi connectivity index (χ2v) is 1.75. The highest BCUT2D eigenvalue weighted by molar-refractivity contribution is 5.91. The minimum Gasteiger partial charge on any atom is -0.502 e. The number of hydrogen-bond donors (Lipinski definition) is 2. The van der Waals surface area contributed by atoms with Crippen molar-refractivity contribution in [2.45, 2.75) is 6.92 Å². The minimum atomic E-state index is -1.23. The molecule has 0 fully saturated rings. The summed E-state index contributed by atoms with van der Waals surface area (Å²) >= 11 is 0. The average molecular weight is 159 g/mol. The first-order valence-electron chi connectivity index (χ1n) is 2.81. The molecule has 0 atom stereocenters. The van der Waals surface area contributed by atoms with E-state index in [1.54, 1.807) is 0 Å². The predicted molar refractivity (Wildman–Crippen MR) is 36.5 cm³/mol. The van der Waals surface area contributed by atoms with E-state index in [1.165, 1.54) is 14.0 Å². The third-order valence-electron chi connectivity index (χ3n) is 0.777. The third kappa shape index (κ3) is 3.96. The number of carbonyl (C=O) groups is 2. The van der Waals surface area contributed by atoms with E-state index in [2.05, 4.69) is 10.1 Å². The molecule has 0 aliphatic heterocycles. The van der Waals surface area contributed by atoms with Gasteiger partial charge in [0.15, 0.2) is 5.70 Å². The number of aliphatic carboxylic acids is 1. The molecule has 0 aromatic carbocycles. The van der Waals surface area contributed by atoms with Crippen LogP contribution in [0.25, 0.3) is 0 Å². The molecule has 62 valence electrons. The topological polar surface area (TPSA) is 75.6 Å². The average Bonchev–Trinajstić information content (AvgIpc) is 1.86. The molecule has 0 radical (unpaired) electrons. The third-order valence-corrected chi connectivity index (χ3v) is 0.777. The van der Waals surface area contributed by atoms with Crippen molar-refractivity contribution in [2.75, 3.05) is 7.11 Å². The molecule has 5 heteroatoms. The van der Waals surface area contributed by atoms with E-state index >= 15 is 0 Å². The predicted octanol–water partition coefficient (Wildman–Crippen LogP) is -0.305. The molecule has 0 heterocycles. The van der Waals surface area contributed by atoms with E-state index in [4.69, 9.17) is 5.11 Å². The first-order valence-corrected chi connectivity index (χ1v) is 2.81. The number of amides is 1. The van der Waals surface area contributed by atoms with Gasteiger partial charge in [0.1, 0.15) is 6.26 Å². The summed E-state index contributed by atoms with van der Waals surface area (Å²) in [5.74, 6) is -1.68. The van der Waals surface area contributed by atoms with Gasteiger partial charge in [0.05, 0.1) is 7.11 Å². The summed E-state index contributed by atoms with van der Waals surface area (Å²) in [6.45, 7) is 1.21.